The van der Waals surface area contributed by atoms with Gasteiger partial charge in [-0.15, -0.1) is 0 Å². The number of aromatic nitrogens is 1. The van der Waals surface area contributed by atoms with E-state index >= 15 is 0 Å². The molecule has 0 aliphatic carbocycles. The quantitative estimate of drug-likeness (QED) is 0.561. The predicted molar refractivity (Wildman–Crippen MR) is 112 cm³/mol. The van der Waals surface area contributed by atoms with Crippen LogP contribution in [0.2, 0.25) is 0 Å². The average molecular weight is 378 g/mol. The third-order valence-corrected chi connectivity index (χ3v) is 4.87. The first kappa shape index (κ1) is 19.7. The first-order valence-corrected chi connectivity index (χ1v) is 9.11. The number of pyridine rings is 1. The fraction of sp³-hybridized carbons (Fsp3) is 0.227. The van der Waals surface area contributed by atoms with Crippen LogP contribution in [-0.2, 0) is 6.42 Å². The molecule has 146 valence electrons. The maximum Gasteiger partial charge on any atom is 0.143 e. The number of benzene rings is 2. The number of hydrogen-bond acceptors (Lipinski definition) is 6. The lowest BCUT2D eigenvalue weighted by atomic mass is 9.98. The second-order valence-electron chi connectivity index (χ2n) is 6.62. The van der Waals surface area contributed by atoms with Gasteiger partial charge in [0.1, 0.15) is 11.6 Å². The molecule has 28 heavy (non-hydrogen) atoms. The van der Waals surface area contributed by atoms with Gasteiger partial charge in [0.25, 0.3) is 0 Å². The van der Waals surface area contributed by atoms with Crippen molar-refractivity contribution in [1.82, 2.24) is 4.98 Å². The van der Waals surface area contributed by atoms with E-state index in [0.717, 1.165) is 34.6 Å². The number of nitrogens with one attached hydrogen (secondary N) is 1. The Labute approximate surface area is 165 Å². The van der Waals surface area contributed by atoms with E-state index in [1.54, 1.807) is 18.3 Å². The zero-order valence-corrected chi connectivity index (χ0v) is 16.5. The van der Waals surface area contributed by atoms with Crippen LogP contribution in [0.15, 0.2) is 48.7 Å². The molecule has 1 aromatic heterocycles. The van der Waals surface area contributed by atoms with E-state index in [0.29, 0.717) is 5.75 Å². The molecule has 0 aliphatic rings. The standard InChI is InChI=1S/C22H24N3O3/c1-5-18-19(16-7-9-21(28-4)20(13-16)25(26)27)10-11-23-22(18)24-17-8-6-14(2)15(3)12-17/h6-13,26H,5H2,1-4H3,(H,23,24)/q-1. The summed E-state index contributed by atoms with van der Waals surface area (Å²) < 4.78 is 5.15. The van der Waals surface area contributed by atoms with Crippen LogP contribution < -0.4 is 15.3 Å². The van der Waals surface area contributed by atoms with Gasteiger partial charge in [0, 0.05) is 17.4 Å². The van der Waals surface area contributed by atoms with E-state index in [-0.39, 0.29) is 10.9 Å². The largest absolute Gasteiger partial charge is 0.733 e. The lowest BCUT2D eigenvalue weighted by molar-refractivity contribution is 0.290. The molecule has 0 unspecified atom stereocenters. The summed E-state index contributed by atoms with van der Waals surface area (Å²) in [7, 11) is 1.46. The molecule has 6 heteroatoms. The van der Waals surface area contributed by atoms with Crippen LogP contribution >= 0.6 is 0 Å². The van der Waals surface area contributed by atoms with E-state index in [9.17, 15) is 10.4 Å². The second-order valence-corrected chi connectivity index (χ2v) is 6.62. The molecule has 3 aromatic rings. The molecule has 0 spiro atoms. The van der Waals surface area contributed by atoms with Crippen LogP contribution in [0.3, 0.4) is 0 Å². The van der Waals surface area contributed by atoms with Gasteiger partial charge in [-0.2, -0.15) is 0 Å². The van der Waals surface area contributed by atoms with Gasteiger partial charge in [-0.1, -0.05) is 19.1 Å². The number of hydrogen-bond donors (Lipinski definition) is 2. The fourth-order valence-electron chi connectivity index (χ4n) is 3.19. The first-order valence-electron chi connectivity index (χ1n) is 9.11. The Kier molecular flexibility index (Phi) is 5.82. The van der Waals surface area contributed by atoms with Crippen LogP contribution in [-0.4, -0.2) is 17.3 Å². The highest BCUT2D eigenvalue weighted by atomic mass is 16.8. The van der Waals surface area contributed by atoms with E-state index in [1.807, 2.05) is 18.2 Å². The van der Waals surface area contributed by atoms with Crippen LogP contribution in [0.5, 0.6) is 5.75 Å². The van der Waals surface area contributed by atoms with E-state index in [2.05, 4.69) is 43.2 Å². The Bertz CT molecular complexity index is 987. The lowest BCUT2D eigenvalue weighted by Gasteiger charge is -2.25. The third kappa shape index (κ3) is 3.93. The molecule has 6 nitrogen and oxygen atoms in total. The number of ether oxygens (including phenoxy) is 1. The van der Waals surface area contributed by atoms with Gasteiger partial charge in [-0.05, 0) is 72.9 Å². The van der Waals surface area contributed by atoms with Gasteiger partial charge in [0.15, 0.2) is 0 Å². The molecular formula is C22H24N3O3-. The summed E-state index contributed by atoms with van der Waals surface area (Å²) in [6.45, 7) is 6.22. The zero-order chi connectivity index (χ0) is 20.3. The molecule has 2 aromatic carbocycles. The highest BCUT2D eigenvalue weighted by Gasteiger charge is 2.13. The molecule has 0 atom stereocenters. The van der Waals surface area contributed by atoms with Crippen molar-refractivity contribution in [2.24, 2.45) is 0 Å². The number of aryl methyl sites for hydroxylation is 2. The summed E-state index contributed by atoms with van der Waals surface area (Å²) in [5.41, 5.74) is 6.23. The van der Waals surface area contributed by atoms with Gasteiger partial charge in [-0.25, -0.2) is 4.98 Å². The number of anilines is 3. The maximum absolute atomic E-state index is 11.5. The van der Waals surface area contributed by atoms with Crippen molar-refractivity contribution in [3.05, 3.63) is 70.6 Å². The highest BCUT2D eigenvalue weighted by Crippen LogP contribution is 2.36. The molecule has 0 saturated heterocycles. The van der Waals surface area contributed by atoms with Gasteiger partial charge < -0.3 is 20.5 Å². The first-order chi connectivity index (χ1) is 13.4. The van der Waals surface area contributed by atoms with Crippen molar-refractivity contribution in [2.45, 2.75) is 27.2 Å². The minimum absolute atomic E-state index is 0.0579. The topological polar surface area (TPSA) is 80.7 Å². The predicted octanol–water partition coefficient (Wildman–Crippen LogP) is 5.37. The molecule has 3 rings (SSSR count). The normalized spacial score (nSPS) is 10.6. The summed E-state index contributed by atoms with van der Waals surface area (Å²) in [6.07, 6.45) is 2.48. The summed E-state index contributed by atoms with van der Waals surface area (Å²) in [4.78, 5) is 4.52. The molecule has 0 aliphatic heterocycles. The third-order valence-electron chi connectivity index (χ3n) is 4.87. The van der Waals surface area contributed by atoms with Crippen molar-refractivity contribution in [3.8, 4) is 16.9 Å². The number of nitrogens with zero attached hydrogens (tertiary/aromatic N) is 2. The Hall–Kier alpha value is -3.09. The SMILES string of the molecule is CCc1c(-c2ccc(OC)c(N([O-])O)c2)ccnc1Nc1ccc(C)c(C)c1. The summed E-state index contributed by atoms with van der Waals surface area (Å²) in [5.74, 6) is 1.07. The van der Waals surface area contributed by atoms with E-state index < -0.39 is 0 Å². The molecule has 0 amide bonds. The average Bonchev–Trinajstić information content (AvgIpc) is 2.70. The number of methoxy groups -OCH3 is 1. The zero-order valence-electron chi connectivity index (χ0n) is 16.5. The Morgan fingerprint density at radius 1 is 1.11 bits per heavy atom. The molecule has 0 saturated carbocycles. The number of rotatable bonds is 6. The molecular weight excluding hydrogens is 354 g/mol. The van der Waals surface area contributed by atoms with Gasteiger partial charge >= 0.3 is 0 Å². The van der Waals surface area contributed by atoms with Crippen molar-refractivity contribution in [1.29, 1.82) is 0 Å². The smallest absolute Gasteiger partial charge is 0.143 e. The molecule has 0 bridgehead atoms. The molecule has 0 radical (unpaired) electrons. The van der Waals surface area contributed by atoms with Gasteiger partial charge in [-0.3, -0.25) is 5.21 Å². The minimum atomic E-state index is -0.177. The summed E-state index contributed by atoms with van der Waals surface area (Å²) >= 11 is 0. The summed E-state index contributed by atoms with van der Waals surface area (Å²) in [6, 6.07) is 13.2. The molecule has 1 heterocycles. The summed E-state index contributed by atoms with van der Waals surface area (Å²) in [5, 5.41) is 24.1. The molecule has 2 N–H and O–H groups in total. The van der Waals surface area contributed by atoms with Crippen molar-refractivity contribution in [3.63, 3.8) is 0 Å². The van der Waals surface area contributed by atoms with Crippen LogP contribution in [0.25, 0.3) is 11.1 Å². The maximum atomic E-state index is 11.5. The van der Waals surface area contributed by atoms with Gasteiger partial charge in [0.05, 0.1) is 12.8 Å². The highest BCUT2D eigenvalue weighted by molar-refractivity contribution is 5.78. The van der Waals surface area contributed by atoms with E-state index in [1.165, 1.54) is 18.2 Å². The van der Waals surface area contributed by atoms with Crippen molar-refractivity contribution < 1.29 is 9.94 Å². The lowest BCUT2D eigenvalue weighted by Crippen LogP contribution is -2.09. The Morgan fingerprint density at radius 2 is 1.89 bits per heavy atom. The minimum Gasteiger partial charge on any atom is -0.733 e. The van der Waals surface area contributed by atoms with Crippen LogP contribution in [0.4, 0.5) is 17.2 Å². The second kappa shape index (κ2) is 8.29. The monoisotopic (exact) mass is 378 g/mol. The van der Waals surface area contributed by atoms with E-state index in [4.69, 9.17) is 4.74 Å². The Balaban J connectivity index is 2.05. The molecule has 0 fully saturated rings. The van der Waals surface area contributed by atoms with Crippen molar-refractivity contribution >= 4 is 17.2 Å². The van der Waals surface area contributed by atoms with Crippen LogP contribution in [0.1, 0.15) is 23.6 Å². The Morgan fingerprint density at radius 3 is 2.54 bits per heavy atom. The van der Waals surface area contributed by atoms with Crippen molar-refractivity contribution in [2.75, 3.05) is 17.7 Å². The van der Waals surface area contributed by atoms with Gasteiger partial charge in [0.2, 0.25) is 0 Å². The fourth-order valence-corrected chi connectivity index (χ4v) is 3.19. The van der Waals surface area contributed by atoms with Crippen LogP contribution in [0, 0.1) is 19.1 Å².